The Labute approximate surface area is 199 Å². The quantitative estimate of drug-likeness (QED) is 0.408. The maximum Gasteiger partial charge on any atom is 0.248 e. The van der Waals surface area contributed by atoms with Gasteiger partial charge in [0, 0.05) is 5.69 Å². The van der Waals surface area contributed by atoms with E-state index in [2.05, 4.69) is 10.4 Å². The molecule has 0 saturated carbocycles. The predicted molar refractivity (Wildman–Crippen MR) is 130 cm³/mol. The van der Waals surface area contributed by atoms with E-state index in [0.29, 0.717) is 47.7 Å². The molecule has 3 rings (SSSR count). The summed E-state index contributed by atoms with van der Waals surface area (Å²) >= 11 is 6.20. The van der Waals surface area contributed by atoms with E-state index < -0.39 is 6.04 Å². The van der Waals surface area contributed by atoms with E-state index in [1.165, 1.54) is 0 Å². The molecule has 3 aromatic rings. The van der Waals surface area contributed by atoms with Crippen LogP contribution in [-0.4, -0.2) is 28.9 Å². The summed E-state index contributed by atoms with van der Waals surface area (Å²) < 4.78 is 18.8. The van der Waals surface area contributed by atoms with Gasteiger partial charge in [-0.1, -0.05) is 17.7 Å². The number of nitrogens with one attached hydrogen (secondary N) is 1. The number of halogens is 1. The number of aromatic nitrogens is 2. The molecular weight excluding hydrogens is 442 g/mol. The van der Waals surface area contributed by atoms with Crippen LogP contribution in [0.2, 0.25) is 5.02 Å². The second-order valence-electron chi connectivity index (χ2n) is 7.55. The minimum Gasteiger partial charge on any atom is -0.490 e. The molecule has 0 radical (unpaired) electrons. The third kappa shape index (κ3) is 5.99. The zero-order valence-electron chi connectivity index (χ0n) is 19.6. The van der Waals surface area contributed by atoms with Crippen LogP contribution in [0.1, 0.15) is 43.8 Å². The van der Waals surface area contributed by atoms with E-state index in [0.717, 1.165) is 17.0 Å². The van der Waals surface area contributed by atoms with E-state index in [4.69, 9.17) is 25.8 Å². The lowest BCUT2D eigenvalue weighted by atomic mass is 10.2. The number of anilines is 1. The van der Waals surface area contributed by atoms with Crippen LogP contribution in [0.25, 0.3) is 0 Å². The van der Waals surface area contributed by atoms with E-state index in [9.17, 15) is 4.79 Å². The highest BCUT2D eigenvalue weighted by Crippen LogP contribution is 2.29. The smallest absolute Gasteiger partial charge is 0.248 e. The molecular formula is C25H30ClN3O4. The van der Waals surface area contributed by atoms with Crippen molar-refractivity contribution in [1.29, 1.82) is 0 Å². The second kappa shape index (κ2) is 11.1. The summed E-state index contributed by atoms with van der Waals surface area (Å²) in [6.45, 7) is 10.8. The molecule has 0 spiro atoms. The Balaban J connectivity index is 1.59. The van der Waals surface area contributed by atoms with E-state index >= 15 is 0 Å². The largest absolute Gasteiger partial charge is 0.490 e. The number of hydrogen-bond donors (Lipinski definition) is 1. The molecule has 1 atom stereocenters. The summed E-state index contributed by atoms with van der Waals surface area (Å²) in [7, 11) is 0. The lowest BCUT2D eigenvalue weighted by Crippen LogP contribution is -2.25. The van der Waals surface area contributed by atoms with Crippen molar-refractivity contribution >= 4 is 23.2 Å². The van der Waals surface area contributed by atoms with E-state index in [1.807, 2.05) is 58.0 Å². The minimum atomic E-state index is -0.494. The van der Waals surface area contributed by atoms with Gasteiger partial charge >= 0.3 is 0 Å². The fourth-order valence-corrected chi connectivity index (χ4v) is 3.49. The van der Waals surface area contributed by atoms with Gasteiger partial charge in [0.25, 0.3) is 0 Å². The maximum absolute atomic E-state index is 12.7. The molecule has 8 heteroatoms. The number of benzene rings is 2. The Hall–Kier alpha value is -3.19. The number of amides is 1. The van der Waals surface area contributed by atoms with E-state index in [-0.39, 0.29) is 5.91 Å². The molecule has 1 aromatic heterocycles. The number of aryl methyl sites for hydroxylation is 1. The van der Waals surface area contributed by atoms with Gasteiger partial charge in [0.2, 0.25) is 5.91 Å². The number of nitrogens with zero attached hydrogens (tertiary/aromatic N) is 2. The number of carbonyl (C=O) groups is 1. The Bertz CT molecular complexity index is 1100. The van der Waals surface area contributed by atoms with Crippen LogP contribution in [0.5, 0.6) is 17.2 Å². The van der Waals surface area contributed by atoms with Crippen molar-refractivity contribution in [2.24, 2.45) is 0 Å². The van der Waals surface area contributed by atoms with Gasteiger partial charge in [0.1, 0.15) is 18.4 Å². The molecule has 0 aliphatic heterocycles. The molecule has 1 amide bonds. The Kier molecular flexibility index (Phi) is 8.22. The summed E-state index contributed by atoms with van der Waals surface area (Å²) in [6, 6.07) is 12.5. The lowest BCUT2D eigenvalue weighted by Gasteiger charge is -2.15. The standard InChI is InChI=1S/C25H30ClN3O4/c1-6-31-22-13-8-19(14-23(22)32-7-2)15-33-21-11-9-20(10-12-21)27-25(30)18(5)29-17(4)24(26)16(3)28-29/h8-14,18H,6-7,15H2,1-5H3,(H,27,30). The number of rotatable bonds is 10. The van der Waals surface area contributed by atoms with Crippen molar-refractivity contribution < 1.29 is 19.0 Å². The van der Waals surface area contributed by atoms with Gasteiger partial charge < -0.3 is 19.5 Å². The molecule has 1 heterocycles. The summed E-state index contributed by atoms with van der Waals surface area (Å²) in [6.07, 6.45) is 0. The van der Waals surface area contributed by atoms with Gasteiger partial charge in [0.15, 0.2) is 11.5 Å². The Morgan fingerprint density at radius 1 is 1.03 bits per heavy atom. The normalized spacial score (nSPS) is 11.7. The summed E-state index contributed by atoms with van der Waals surface area (Å²) in [5.41, 5.74) is 3.11. The van der Waals surface area contributed by atoms with Gasteiger partial charge in [-0.15, -0.1) is 0 Å². The molecule has 176 valence electrons. The van der Waals surface area contributed by atoms with Crippen molar-refractivity contribution in [1.82, 2.24) is 9.78 Å². The first kappa shape index (κ1) is 24.5. The fourth-order valence-electron chi connectivity index (χ4n) is 3.36. The highest BCUT2D eigenvalue weighted by atomic mass is 35.5. The van der Waals surface area contributed by atoms with Crippen LogP contribution in [0, 0.1) is 13.8 Å². The highest BCUT2D eigenvalue weighted by molar-refractivity contribution is 6.31. The van der Waals surface area contributed by atoms with Gasteiger partial charge in [0.05, 0.1) is 29.6 Å². The summed E-state index contributed by atoms with van der Waals surface area (Å²) in [4.78, 5) is 12.7. The first-order chi connectivity index (χ1) is 15.8. The average molecular weight is 472 g/mol. The van der Waals surface area contributed by atoms with Crippen molar-refractivity contribution in [2.45, 2.75) is 47.3 Å². The molecule has 33 heavy (non-hydrogen) atoms. The Morgan fingerprint density at radius 2 is 1.70 bits per heavy atom. The zero-order chi connectivity index (χ0) is 24.0. The maximum atomic E-state index is 12.7. The van der Waals surface area contributed by atoms with E-state index in [1.54, 1.807) is 23.7 Å². The molecule has 1 unspecified atom stereocenters. The Morgan fingerprint density at radius 3 is 2.30 bits per heavy atom. The monoisotopic (exact) mass is 471 g/mol. The molecule has 1 N–H and O–H groups in total. The zero-order valence-corrected chi connectivity index (χ0v) is 20.4. The number of hydrogen-bond acceptors (Lipinski definition) is 5. The van der Waals surface area contributed by atoms with Gasteiger partial charge in [-0.2, -0.15) is 5.10 Å². The van der Waals surface area contributed by atoms with Crippen molar-refractivity contribution in [3.63, 3.8) is 0 Å². The molecule has 0 fully saturated rings. The minimum absolute atomic E-state index is 0.177. The van der Waals surface area contributed by atoms with Crippen LogP contribution in [0.4, 0.5) is 5.69 Å². The number of ether oxygens (including phenoxy) is 3. The SMILES string of the molecule is CCOc1ccc(COc2ccc(NC(=O)C(C)n3nc(C)c(Cl)c3C)cc2)cc1OCC. The summed E-state index contributed by atoms with van der Waals surface area (Å²) in [5.74, 6) is 1.94. The van der Waals surface area contributed by atoms with Gasteiger partial charge in [-0.05, 0) is 76.6 Å². The molecule has 0 saturated heterocycles. The van der Waals surface area contributed by atoms with Crippen LogP contribution < -0.4 is 19.5 Å². The first-order valence-electron chi connectivity index (χ1n) is 11.0. The van der Waals surface area contributed by atoms with Crippen LogP contribution in [0.15, 0.2) is 42.5 Å². The van der Waals surface area contributed by atoms with Crippen LogP contribution in [0.3, 0.4) is 0 Å². The lowest BCUT2D eigenvalue weighted by molar-refractivity contribution is -0.119. The van der Waals surface area contributed by atoms with Crippen molar-refractivity contribution in [3.8, 4) is 17.2 Å². The van der Waals surface area contributed by atoms with Crippen LogP contribution >= 0.6 is 11.6 Å². The second-order valence-corrected chi connectivity index (χ2v) is 7.93. The molecule has 7 nitrogen and oxygen atoms in total. The fraction of sp³-hybridized carbons (Fsp3) is 0.360. The molecule has 0 bridgehead atoms. The average Bonchev–Trinajstić information content (AvgIpc) is 3.07. The van der Waals surface area contributed by atoms with Crippen molar-refractivity contribution in [3.05, 3.63) is 64.4 Å². The highest BCUT2D eigenvalue weighted by Gasteiger charge is 2.20. The molecule has 0 aliphatic carbocycles. The first-order valence-corrected chi connectivity index (χ1v) is 11.3. The van der Waals surface area contributed by atoms with Crippen LogP contribution in [-0.2, 0) is 11.4 Å². The molecule has 0 aliphatic rings. The van der Waals surface area contributed by atoms with Gasteiger partial charge in [-0.3, -0.25) is 9.48 Å². The third-order valence-electron chi connectivity index (χ3n) is 5.12. The third-order valence-corrected chi connectivity index (χ3v) is 5.67. The topological polar surface area (TPSA) is 74.6 Å². The molecule has 2 aromatic carbocycles. The van der Waals surface area contributed by atoms with Crippen molar-refractivity contribution in [2.75, 3.05) is 18.5 Å². The predicted octanol–water partition coefficient (Wildman–Crippen LogP) is 5.73. The summed E-state index contributed by atoms with van der Waals surface area (Å²) in [5, 5.41) is 7.85. The number of carbonyl (C=O) groups excluding carboxylic acids is 1. The van der Waals surface area contributed by atoms with Gasteiger partial charge in [-0.25, -0.2) is 0 Å².